The van der Waals surface area contributed by atoms with E-state index in [1.807, 2.05) is 0 Å². The molecular weight excluding hydrogens is 286 g/mol. The van der Waals surface area contributed by atoms with Gasteiger partial charge in [0.15, 0.2) is 0 Å². The molecule has 0 bridgehead atoms. The molecule has 1 aromatic carbocycles. The zero-order valence-corrected chi connectivity index (χ0v) is 11.3. The molecule has 0 spiro atoms. The number of hydrogen-bond donors (Lipinski definition) is 2. The molecule has 0 unspecified atom stereocenters. The number of amides is 1. The third-order valence-corrected chi connectivity index (χ3v) is 3.62. The van der Waals surface area contributed by atoms with Crippen LogP contribution in [0.3, 0.4) is 0 Å². The van der Waals surface area contributed by atoms with Gasteiger partial charge in [0.2, 0.25) is 5.91 Å². The Morgan fingerprint density at radius 2 is 1.89 bits per heavy atom. The number of halogens is 1. The lowest BCUT2D eigenvalue weighted by Gasteiger charge is -2.05. The fourth-order valence-electron chi connectivity index (χ4n) is 1.57. The van der Waals surface area contributed by atoms with Gasteiger partial charge in [-0.05, 0) is 41.3 Å². The number of hydrogen-bond acceptors (Lipinski definition) is 3. The van der Waals surface area contributed by atoms with E-state index in [-0.39, 0.29) is 17.2 Å². The van der Waals surface area contributed by atoms with E-state index in [1.165, 1.54) is 0 Å². The topological polar surface area (TPSA) is 66.4 Å². The number of carbonyl (C=O) groups excluding carboxylic acids is 1. The molecule has 2 N–H and O–H groups in total. The molecule has 4 nitrogen and oxygen atoms in total. The van der Waals surface area contributed by atoms with E-state index in [4.69, 9.17) is 16.7 Å². The largest absolute Gasteiger partial charge is 0.477 e. The quantitative estimate of drug-likeness (QED) is 0.909. The van der Waals surface area contributed by atoms with E-state index >= 15 is 0 Å². The van der Waals surface area contributed by atoms with Crippen LogP contribution in [-0.4, -0.2) is 17.0 Å². The monoisotopic (exact) mass is 295 g/mol. The summed E-state index contributed by atoms with van der Waals surface area (Å²) in [6.45, 7) is 0. The van der Waals surface area contributed by atoms with Gasteiger partial charge in [0, 0.05) is 10.7 Å². The zero-order chi connectivity index (χ0) is 13.8. The molecule has 98 valence electrons. The maximum atomic E-state index is 11.8. The molecule has 0 aliphatic heterocycles. The van der Waals surface area contributed by atoms with Gasteiger partial charge in [-0.2, -0.15) is 0 Å². The summed E-state index contributed by atoms with van der Waals surface area (Å²) in [7, 11) is 0. The number of anilines is 1. The van der Waals surface area contributed by atoms with Crippen LogP contribution >= 0.6 is 22.9 Å². The highest BCUT2D eigenvalue weighted by Crippen LogP contribution is 2.18. The molecule has 0 saturated carbocycles. The van der Waals surface area contributed by atoms with E-state index in [1.54, 1.807) is 35.7 Å². The first-order chi connectivity index (χ1) is 9.06. The summed E-state index contributed by atoms with van der Waals surface area (Å²) in [5.74, 6) is -1.27. The Bertz CT molecular complexity index is 607. The third kappa shape index (κ3) is 3.56. The first-order valence-electron chi connectivity index (χ1n) is 5.41. The van der Waals surface area contributed by atoms with E-state index in [9.17, 15) is 9.59 Å². The molecule has 2 rings (SSSR count). The number of carboxylic acid groups (broad SMARTS) is 1. The van der Waals surface area contributed by atoms with Crippen LogP contribution in [0.4, 0.5) is 5.69 Å². The molecule has 0 fully saturated rings. The summed E-state index contributed by atoms with van der Waals surface area (Å²) < 4.78 is 0. The molecule has 1 amide bonds. The molecule has 19 heavy (non-hydrogen) atoms. The van der Waals surface area contributed by atoms with Crippen molar-refractivity contribution in [1.29, 1.82) is 0 Å². The van der Waals surface area contributed by atoms with Crippen molar-refractivity contribution >= 4 is 40.5 Å². The van der Waals surface area contributed by atoms with Crippen LogP contribution in [0, 0.1) is 0 Å². The summed E-state index contributed by atoms with van der Waals surface area (Å²) in [6.07, 6.45) is 0.0355. The molecule has 0 aliphatic rings. The van der Waals surface area contributed by atoms with Crippen molar-refractivity contribution in [1.82, 2.24) is 0 Å². The second kappa shape index (κ2) is 5.86. The van der Waals surface area contributed by atoms with E-state index in [0.717, 1.165) is 11.3 Å². The predicted octanol–water partition coefficient (Wildman–Crippen LogP) is 3.28. The lowest BCUT2D eigenvalue weighted by molar-refractivity contribution is -0.115. The SMILES string of the molecule is O=C(Cc1ccsc1C(=O)O)Nc1ccc(Cl)cc1. The normalized spacial score (nSPS) is 10.2. The van der Waals surface area contributed by atoms with Crippen LogP contribution in [-0.2, 0) is 11.2 Å². The highest BCUT2D eigenvalue weighted by Gasteiger charge is 2.14. The maximum Gasteiger partial charge on any atom is 0.346 e. The molecule has 0 atom stereocenters. The number of thiophene rings is 1. The summed E-state index contributed by atoms with van der Waals surface area (Å²) in [4.78, 5) is 22.9. The van der Waals surface area contributed by atoms with Gasteiger partial charge in [-0.25, -0.2) is 4.79 Å². The fourth-order valence-corrected chi connectivity index (χ4v) is 2.46. The first-order valence-corrected chi connectivity index (χ1v) is 6.67. The van der Waals surface area contributed by atoms with Gasteiger partial charge in [0.1, 0.15) is 4.88 Å². The highest BCUT2D eigenvalue weighted by atomic mass is 35.5. The van der Waals surface area contributed by atoms with Crippen molar-refractivity contribution in [3.63, 3.8) is 0 Å². The average Bonchev–Trinajstić information content (AvgIpc) is 2.80. The lowest BCUT2D eigenvalue weighted by Crippen LogP contribution is -2.15. The summed E-state index contributed by atoms with van der Waals surface area (Å²) >= 11 is 6.85. The number of carbonyl (C=O) groups is 2. The lowest BCUT2D eigenvalue weighted by atomic mass is 10.2. The summed E-state index contributed by atoms with van der Waals surface area (Å²) in [5, 5.41) is 13.9. The maximum absolute atomic E-state index is 11.8. The van der Waals surface area contributed by atoms with Crippen molar-refractivity contribution in [2.45, 2.75) is 6.42 Å². The minimum atomic E-state index is -1.01. The van der Waals surface area contributed by atoms with Crippen molar-refractivity contribution in [3.05, 3.63) is 51.2 Å². The van der Waals surface area contributed by atoms with Gasteiger partial charge >= 0.3 is 5.97 Å². The Balaban J connectivity index is 2.03. The van der Waals surface area contributed by atoms with Gasteiger partial charge in [0.05, 0.1) is 6.42 Å². The standard InChI is InChI=1S/C13H10ClNO3S/c14-9-1-3-10(4-2-9)15-11(16)7-8-5-6-19-12(8)13(17)18/h1-6H,7H2,(H,15,16)(H,17,18). The van der Waals surface area contributed by atoms with Gasteiger partial charge in [-0.3, -0.25) is 4.79 Å². The van der Waals surface area contributed by atoms with Crippen LogP contribution in [0.25, 0.3) is 0 Å². The van der Waals surface area contributed by atoms with Crippen molar-refractivity contribution in [2.75, 3.05) is 5.32 Å². The van der Waals surface area contributed by atoms with Gasteiger partial charge < -0.3 is 10.4 Å². The number of aromatic carboxylic acids is 1. The average molecular weight is 296 g/mol. The minimum Gasteiger partial charge on any atom is -0.477 e. The van der Waals surface area contributed by atoms with Crippen molar-refractivity contribution in [2.24, 2.45) is 0 Å². The zero-order valence-electron chi connectivity index (χ0n) is 9.72. The minimum absolute atomic E-state index is 0.0355. The molecule has 2 aromatic rings. The summed E-state index contributed by atoms with van der Waals surface area (Å²) in [5.41, 5.74) is 1.14. The summed E-state index contributed by atoms with van der Waals surface area (Å²) in [6, 6.07) is 8.36. The highest BCUT2D eigenvalue weighted by molar-refractivity contribution is 7.12. The Morgan fingerprint density at radius 1 is 1.21 bits per heavy atom. The van der Waals surface area contributed by atoms with Crippen LogP contribution in [0.5, 0.6) is 0 Å². The Kier molecular flexibility index (Phi) is 4.19. The van der Waals surface area contributed by atoms with E-state index in [2.05, 4.69) is 5.32 Å². The molecule has 0 saturated heterocycles. The molecule has 0 aliphatic carbocycles. The predicted molar refractivity (Wildman–Crippen MR) is 75.1 cm³/mol. The Hall–Kier alpha value is -1.85. The Morgan fingerprint density at radius 3 is 2.53 bits per heavy atom. The van der Waals surface area contributed by atoms with Crippen molar-refractivity contribution < 1.29 is 14.7 Å². The fraction of sp³-hybridized carbons (Fsp3) is 0.0769. The first kappa shape index (κ1) is 13.6. The second-order valence-corrected chi connectivity index (χ2v) is 5.16. The number of rotatable bonds is 4. The molecule has 6 heteroatoms. The van der Waals surface area contributed by atoms with E-state index in [0.29, 0.717) is 16.3 Å². The number of benzene rings is 1. The van der Waals surface area contributed by atoms with Crippen LogP contribution in [0.2, 0.25) is 5.02 Å². The van der Waals surface area contributed by atoms with Crippen LogP contribution in [0.1, 0.15) is 15.2 Å². The number of carboxylic acids is 1. The van der Waals surface area contributed by atoms with Crippen LogP contribution in [0.15, 0.2) is 35.7 Å². The molecule has 1 aromatic heterocycles. The second-order valence-electron chi connectivity index (χ2n) is 3.81. The third-order valence-electron chi connectivity index (χ3n) is 2.42. The Labute approximate surface area is 118 Å². The van der Waals surface area contributed by atoms with Gasteiger partial charge in [-0.1, -0.05) is 11.6 Å². The van der Waals surface area contributed by atoms with Crippen LogP contribution < -0.4 is 5.32 Å². The molecule has 1 heterocycles. The molecule has 0 radical (unpaired) electrons. The smallest absolute Gasteiger partial charge is 0.346 e. The van der Waals surface area contributed by atoms with E-state index < -0.39 is 5.97 Å². The van der Waals surface area contributed by atoms with Gasteiger partial charge in [0.25, 0.3) is 0 Å². The molecular formula is C13H10ClNO3S. The van der Waals surface area contributed by atoms with Gasteiger partial charge in [-0.15, -0.1) is 11.3 Å². The number of nitrogens with one attached hydrogen (secondary N) is 1. The van der Waals surface area contributed by atoms with Crippen molar-refractivity contribution in [3.8, 4) is 0 Å².